The van der Waals surface area contributed by atoms with Gasteiger partial charge >= 0.3 is 5.69 Å². The molecule has 0 atom stereocenters. The van der Waals surface area contributed by atoms with Crippen LogP contribution in [-0.4, -0.2) is 28.6 Å². The van der Waals surface area contributed by atoms with Crippen molar-refractivity contribution in [1.29, 1.82) is 0 Å². The largest absolute Gasteiger partial charge is 0.477 e. The van der Waals surface area contributed by atoms with Crippen LogP contribution in [-0.2, 0) is 4.79 Å². The van der Waals surface area contributed by atoms with E-state index in [-0.39, 0.29) is 18.0 Å². The molecule has 0 saturated heterocycles. The Hall–Kier alpha value is -3.29. The van der Waals surface area contributed by atoms with Crippen molar-refractivity contribution in [3.05, 3.63) is 64.0 Å². The van der Waals surface area contributed by atoms with Gasteiger partial charge in [0.05, 0.1) is 11.1 Å². The maximum Gasteiger partial charge on any atom is 0.311 e. The van der Waals surface area contributed by atoms with Crippen LogP contribution in [0.2, 0.25) is 0 Å². The lowest BCUT2D eigenvalue weighted by atomic mass is 10.2. The number of nitrogens with zero attached hydrogens (tertiary/aromatic N) is 3. The zero-order valence-corrected chi connectivity index (χ0v) is 12.3. The molecule has 0 spiro atoms. The number of hydrazone groups is 1. The van der Waals surface area contributed by atoms with Crippen LogP contribution in [0.25, 0.3) is 0 Å². The summed E-state index contributed by atoms with van der Waals surface area (Å²) in [6.45, 7) is 1.35. The number of aromatic nitrogens is 1. The van der Waals surface area contributed by atoms with Gasteiger partial charge in [-0.05, 0) is 24.6 Å². The predicted molar refractivity (Wildman–Crippen MR) is 83.3 cm³/mol. The highest BCUT2D eigenvalue weighted by atomic mass is 16.6. The molecule has 0 bridgehead atoms. The molecule has 0 radical (unpaired) electrons. The van der Waals surface area contributed by atoms with Crippen LogP contribution < -0.4 is 10.2 Å². The number of rotatable bonds is 6. The van der Waals surface area contributed by atoms with Crippen LogP contribution >= 0.6 is 0 Å². The Labute approximate surface area is 132 Å². The number of amides is 1. The van der Waals surface area contributed by atoms with Gasteiger partial charge in [0.15, 0.2) is 12.4 Å². The average Bonchev–Trinajstić information content (AvgIpc) is 2.54. The van der Waals surface area contributed by atoms with E-state index in [4.69, 9.17) is 4.74 Å². The van der Waals surface area contributed by atoms with E-state index in [0.29, 0.717) is 0 Å². The number of carbonyl (C=O) groups is 1. The Morgan fingerprint density at radius 1 is 1.48 bits per heavy atom. The molecule has 1 N–H and O–H groups in total. The van der Waals surface area contributed by atoms with Gasteiger partial charge in [0.1, 0.15) is 0 Å². The first-order chi connectivity index (χ1) is 11.1. The van der Waals surface area contributed by atoms with Crippen molar-refractivity contribution in [2.75, 3.05) is 6.61 Å². The molecule has 0 aliphatic carbocycles. The van der Waals surface area contributed by atoms with Gasteiger partial charge in [-0.2, -0.15) is 5.10 Å². The number of ether oxygens (including phenoxy) is 1. The van der Waals surface area contributed by atoms with E-state index < -0.39 is 10.8 Å². The number of carbonyl (C=O) groups excluding carboxylic acids is 1. The highest BCUT2D eigenvalue weighted by Crippen LogP contribution is 2.27. The third-order valence-corrected chi connectivity index (χ3v) is 2.76. The number of hydrogen-bond acceptors (Lipinski definition) is 6. The van der Waals surface area contributed by atoms with Gasteiger partial charge in [-0.3, -0.25) is 19.9 Å². The molecule has 2 aromatic rings. The Morgan fingerprint density at radius 3 is 3.00 bits per heavy atom. The van der Waals surface area contributed by atoms with E-state index in [1.54, 1.807) is 37.5 Å². The Bertz CT molecular complexity index is 732. The van der Waals surface area contributed by atoms with Crippen molar-refractivity contribution in [3.63, 3.8) is 0 Å². The van der Waals surface area contributed by atoms with Crippen molar-refractivity contribution in [1.82, 2.24) is 10.4 Å². The van der Waals surface area contributed by atoms with Crippen molar-refractivity contribution < 1.29 is 14.5 Å². The Kier molecular flexibility index (Phi) is 5.35. The number of hydrogen-bond donors (Lipinski definition) is 1. The minimum atomic E-state index is -0.555. The smallest absolute Gasteiger partial charge is 0.311 e. The zero-order chi connectivity index (χ0) is 16.7. The average molecular weight is 314 g/mol. The van der Waals surface area contributed by atoms with Crippen molar-refractivity contribution >= 4 is 17.8 Å². The summed E-state index contributed by atoms with van der Waals surface area (Å²) in [4.78, 5) is 25.9. The first-order valence-electron chi connectivity index (χ1n) is 6.66. The van der Waals surface area contributed by atoms with E-state index in [0.717, 1.165) is 11.1 Å². The molecular weight excluding hydrogens is 300 g/mol. The van der Waals surface area contributed by atoms with E-state index in [9.17, 15) is 14.9 Å². The topological polar surface area (TPSA) is 107 Å². The second-order valence-electron chi connectivity index (χ2n) is 4.60. The molecule has 23 heavy (non-hydrogen) atoms. The minimum absolute atomic E-state index is 0.0342. The van der Waals surface area contributed by atoms with E-state index in [2.05, 4.69) is 15.5 Å². The molecule has 1 aromatic heterocycles. The maximum atomic E-state index is 11.6. The second-order valence-corrected chi connectivity index (χ2v) is 4.60. The highest BCUT2D eigenvalue weighted by Gasteiger charge is 2.16. The molecule has 0 saturated carbocycles. The third kappa shape index (κ3) is 4.88. The van der Waals surface area contributed by atoms with Crippen LogP contribution in [0.5, 0.6) is 5.75 Å². The van der Waals surface area contributed by atoms with Crippen molar-refractivity contribution in [3.8, 4) is 5.75 Å². The molecule has 2 rings (SSSR count). The lowest BCUT2D eigenvalue weighted by molar-refractivity contribution is -0.385. The second kappa shape index (κ2) is 7.64. The number of pyridine rings is 1. The predicted octanol–water partition coefficient (Wildman–Crippen LogP) is 1.83. The highest BCUT2D eigenvalue weighted by molar-refractivity contribution is 5.82. The van der Waals surface area contributed by atoms with Gasteiger partial charge in [0.25, 0.3) is 5.91 Å². The summed E-state index contributed by atoms with van der Waals surface area (Å²) in [5.41, 5.74) is 3.54. The summed E-state index contributed by atoms with van der Waals surface area (Å²) in [6.07, 6.45) is 4.64. The molecule has 1 aromatic carbocycles. The van der Waals surface area contributed by atoms with Gasteiger partial charge in [0, 0.05) is 24.0 Å². The molecule has 8 heteroatoms. The molecule has 8 nitrogen and oxygen atoms in total. The minimum Gasteiger partial charge on any atom is -0.477 e. The molecule has 0 unspecified atom stereocenters. The molecule has 1 heterocycles. The van der Waals surface area contributed by atoms with Crippen LogP contribution in [0, 0.1) is 17.0 Å². The molecule has 118 valence electrons. The van der Waals surface area contributed by atoms with E-state index >= 15 is 0 Å². The fourth-order valence-electron chi connectivity index (χ4n) is 1.70. The zero-order valence-electron chi connectivity index (χ0n) is 12.3. The van der Waals surface area contributed by atoms with Gasteiger partial charge in [-0.25, -0.2) is 5.43 Å². The SMILES string of the molecule is Cc1ccc(OCC(=O)NN=Cc2cccnc2)c([N+](=O)[O-])c1. The lowest BCUT2D eigenvalue weighted by Crippen LogP contribution is -2.24. The fraction of sp³-hybridized carbons (Fsp3) is 0.133. The lowest BCUT2D eigenvalue weighted by Gasteiger charge is -2.06. The van der Waals surface area contributed by atoms with E-state index in [1.165, 1.54) is 18.3 Å². The summed E-state index contributed by atoms with van der Waals surface area (Å²) in [5, 5.41) is 14.7. The monoisotopic (exact) mass is 314 g/mol. The van der Waals surface area contributed by atoms with Crippen LogP contribution in [0.3, 0.4) is 0 Å². The molecular formula is C15H14N4O4. The summed E-state index contributed by atoms with van der Waals surface area (Å²) < 4.78 is 5.18. The van der Waals surface area contributed by atoms with E-state index in [1.807, 2.05) is 0 Å². The maximum absolute atomic E-state index is 11.6. The summed E-state index contributed by atoms with van der Waals surface area (Å²) >= 11 is 0. The standard InChI is InChI=1S/C15H14N4O4/c1-11-4-5-14(13(7-11)19(21)22)23-10-15(20)18-17-9-12-3-2-6-16-8-12/h2-9H,10H2,1H3,(H,18,20). The summed E-state index contributed by atoms with van der Waals surface area (Å²) in [7, 11) is 0. The van der Waals surface area contributed by atoms with Crippen LogP contribution in [0.1, 0.15) is 11.1 Å². The molecule has 0 fully saturated rings. The van der Waals surface area contributed by atoms with Crippen LogP contribution in [0.4, 0.5) is 5.69 Å². The Balaban J connectivity index is 1.90. The first kappa shape index (κ1) is 16.1. The number of aryl methyl sites for hydroxylation is 1. The summed E-state index contributed by atoms with van der Waals surface area (Å²) in [6, 6.07) is 8.02. The number of nitro groups is 1. The summed E-state index contributed by atoms with van der Waals surface area (Å²) in [5.74, 6) is -0.494. The van der Waals surface area contributed by atoms with Crippen LogP contribution in [0.15, 0.2) is 47.8 Å². The fourth-order valence-corrected chi connectivity index (χ4v) is 1.70. The van der Waals surface area contributed by atoms with Gasteiger partial charge in [0.2, 0.25) is 0 Å². The third-order valence-electron chi connectivity index (χ3n) is 2.76. The molecule has 1 amide bonds. The van der Waals surface area contributed by atoms with Gasteiger partial charge in [-0.15, -0.1) is 0 Å². The van der Waals surface area contributed by atoms with Gasteiger partial charge in [-0.1, -0.05) is 12.1 Å². The number of nitrogens with one attached hydrogen (secondary N) is 1. The van der Waals surface area contributed by atoms with Crippen molar-refractivity contribution in [2.45, 2.75) is 6.92 Å². The molecule has 0 aliphatic heterocycles. The quantitative estimate of drug-likeness (QED) is 0.497. The number of nitro benzene ring substituents is 1. The normalized spacial score (nSPS) is 10.5. The Morgan fingerprint density at radius 2 is 2.30 bits per heavy atom. The van der Waals surface area contributed by atoms with Gasteiger partial charge < -0.3 is 4.74 Å². The molecule has 0 aliphatic rings. The first-order valence-corrected chi connectivity index (χ1v) is 6.66. The number of benzene rings is 1. The van der Waals surface area contributed by atoms with Crippen molar-refractivity contribution in [2.24, 2.45) is 5.10 Å².